The third kappa shape index (κ3) is 1.44. The molecule has 0 fully saturated rings. The van der Waals surface area contributed by atoms with Crippen LogP contribution in [-0.2, 0) is 0 Å². The van der Waals surface area contributed by atoms with Crippen LogP contribution < -0.4 is 0 Å². The van der Waals surface area contributed by atoms with Gasteiger partial charge in [-0.2, -0.15) is 0 Å². The fraction of sp³-hybridized carbons (Fsp3) is 0.0909. The van der Waals surface area contributed by atoms with Gasteiger partial charge in [0, 0.05) is 22.7 Å². The van der Waals surface area contributed by atoms with Crippen LogP contribution in [0.25, 0.3) is 10.8 Å². The molecule has 0 radical (unpaired) electrons. The summed E-state index contributed by atoms with van der Waals surface area (Å²) in [5, 5.41) is 9.58. The summed E-state index contributed by atoms with van der Waals surface area (Å²) in [7, 11) is 0. The summed E-state index contributed by atoms with van der Waals surface area (Å²) in [4.78, 5) is 14.8. The maximum Gasteiger partial charge on any atom is 0.336 e. The molecule has 1 aromatic carbocycles. The molecule has 15 heavy (non-hydrogen) atoms. The lowest BCUT2D eigenvalue weighted by molar-refractivity contribution is 0.0699. The molecule has 3 nitrogen and oxygen atoms in total. The second kappa shape index (κ2) is 3.31. The van der Waals surface area contributed by atoms with Crippen molar-refractivity contribution in [3.8, 4) is 0 Å². The second-order valence-corrected chi connectivity index (χ2v) is 3.22. The molecule has 76 valence electrons. The number of carboxylic acids is 1. The topological polar surface area (TPSA) is 50.2 Å². The van der Waals surface area contributed by atoms with E-state index in [1.807, 2.05) is 0 Å². The van der Waals surface area contributed by atoms with E-state index < -0.39 is 11.8 Å². The number of aromatic nitrogens is 1. The zero-order valence-corrected chi connectivity index (χ0v) is 7.99. The van der Waals surface area contributed by atoms with Gasteiger partial charge in [0.1, 0.15) is 5.82 Å². The lowest BCUT2D eigenvalue weighted by Crippen LogP contribution is -1.99. The Bertz CT molecular complexity index is 543. The third-order valence-electron chi connectivity index (χ3n) is 2.30. The number of halogens is 1. The first-order valence-corrected chi connectivity index (χ1v) is 4.38. The van der Waals surface area contributed by atoms with Crippen molar-refractivity contribution in [2.45, 2.75) is 6.92 Å². The first-order valence-electron chi connectivity index (χ1n) is 4.38. The van der Waals surface area contributed by atoms with Gasteiger partial charge in [0.15, 0.2) is 0 Å². The molecule has 1 aromatic heterocycles. The summed E-state index contributed by atoms with van der Waals surface area (Å²) < 4.78 is 13.5. The minimum absolute atomic E-state index is 0.0944. The van der Waals surface area contributed by atoms with Crippen LogP contribution in [0.5, 0.6) is 0 Å². The summed E-state index contributed by atoms with van der Waals surface area (Å²) >= 11 is 0. The van der Waals surface area contributed by atoms with E-state index in [1.165, 1.54) is 18.3 Å². The van der Waals surface area contributed by atoms with E-state index in [0.717, 1.165) is 6.07 Å². The average Bonchev–Trinajstić information content (AvgIpc) is 2.17. The SMILES string of the molecule is Cc1nccc2c(C(=O)O)ccc(F)c12. The molecule has 0 atom stereocenters. The van der Waals surface area contributed by atoms with Gasteiger partial charge in [0.25, 0.3) is 0 Å². The van der Waals surface area contributed by atoms with Crippen LogP contribution in [0, 0.1) is 12.7 Å². The molecule has 0 bridgehead atoms. The van der Waals surface area contributed by atoms with Crippen molar-refractivity contribution >= 4 is 16.7 Å². The van der Waals surface area contributed by atoms with Crippen molar-refractivity contribution in [2.24, 2.45) is 0 Å². The first kappa shape index (κ1) is 9.58. The van der Waals surface area contributed by atoms with Gasteiger partial charge in [-0.05, 0) is 25.1 Å². The monoisotopic (exact) mass is 205 g/mol. The minimum atomic E-state index is -1.06. The molecule has 2 rings (SSSR count). The maximum atomic E-state index is 13.5. The summed E-state index contributed by atoms with van der Waals surface area (Å²) in [5.74, 6) is -1.51. The predicted molar refractivity (Wildman–Crippen MR) is 53.4 cm³/mol. The highest BCUT2D eigenvalue weighted by atomic mass is 19.1. The summed E-state index contributed by atoms with van der Waals surface area (Å²) in [6.07, 6.45) is 1.48. The fourth-order valence-corrected chi connectivity index (χ4v) is 1.61. The number of aromatic carboxylic acids is 1. The van der Waals surface area contributed by atoms with Gasteiger partial charge in [-0.1, -0.05) is 0 Å². The molecule has 4 heteroatoms. The number of carboxylic acid groups (broad SMARTS) is 1. The van der Waals surface area contributed by atoms with Crippen molar-refractivity contribution in [1.29, 1.82) is 0 Å². The van der Waals surface area contributed by atoms with Crippen LogP contribution in [0.3, 0.4) is 0 Å². The molecule has 1 N–H and O–H groups in total. The van der Waals surface area contributed by atoms with E-state index in [9.17, 15) is 9.18 Å². The lowest BCUT2D eigenvalue weighted by Gasteiger charge is -2.05. The zero-order chi connectivity index (χ0) is 11.0. The van der Waals surface area contributed by atoms with Gasteiger partial charge in [0.2, 0.25) is 0 Å². The molecular weight excluding hydrogens is 197 g/mol. The molecule has 0 aliphatic rings. The maximum absolute atomic E-state index is 13.5. The molecule has 0 unspecified atom stereocenters. The van der Waals surface area contributed by atoms with Crippen molar-refractivity contribution in [1.82, 2.24) is 4.98 Å². The Hall–Kier alpha value is -1.97. The molecule has 0 saturated carbocycles. The Morgan fingerprint density at radius 2 is 2.13 bits per heavy atom. The number of hydrogen-bond acceptors (Lipinski definition) is 2. The Kier molecular flexibility index (Phi) is 2.11. The molecule has 0 aliphatic heterocycles. The van der Waals surface area contributed by atoms with E-state index in [1.54, 1.807) is 6.92 Å². The molecular formula is C11H8FNO2. The van der Waals surface area contributed by atoms with Crippen molar-refractivity contribution < 1.29 is 14.3 Å². The van der Waals surface area contributed by atoms with Crippen LogP contribution in [0.4, 0.5) is 4.39 Å². The highest BCUT2D eigenvalue weighted by Gasteiger charge is 2.12. The Morgan fingerprint density at radius 3 is 2.80 bits per heavy atom. The van der Waals surface area contributed by atoms with Crippen LogP contribution in [0.2, 0.25) is 0 Å². The highest BCUT2D eigenvalue weighted by molar-refractivity contribution is 6.04. The molecule has 0 saturated heterocycles. The molecule has 1 heterocycles. The van der Waals surface area contributed by atoms with Gasteiger partial charge >= 0.3 is 5.97 Å². The van der Waals surface area contributed by atoms with Crippen LogP contribution in [-0.4, -0.2) is 16.1 Å². The third-order valence-corrected chi connectivity index (χ3v) is 2.30. The number of fused-ring (bicyclic) bond motifs is 1. The van der Waals surface area contributed by atoms with Gasteiger partial charge in [-0.25, -0.2) is 9.18 Å². The average molecular weight is 205 g/mol. The number of pyridine rings is 1. The van der Waals surface area contributed by atoms with E-state index in [4.69, 9.17) is 5.11 Å². The largest absolute Gasteiger partial charge is 0.478 e. The van der Waals surface area contributed by atoms with E-state index in [2.05, 4.69) is 4.98 Å². The Balaban J connectivity index is 2.95. The van der Waals surface area contributed by atoms with Crippen LogP contribution in [0.1, 0.15) is 16.1 Å². The number of rotatable bonds is 1. The molecule has 0 spiro atoms. The van der Waals surface area contributed by atoms with Gasteiger partial charge in [-0.15, -0.1) is 0 Å². The molecule has 2 aromatic rings. The van der Waals surface area contributed by atoms with Gasteiger partial charge < -0.3 is 5.11 Å². The number of hydrogen-bond donors (Lipinski definition) is 1. The fourth-order valence-electron chi connectivity index (χ4n) is 1.61. The zero-order valence-electron chi connectivity index (χ0n) is 7.99. The molecule has 0 amide bonds. The van der Waals surface area contributed by atoms with Gasteiger partial charge in [-0.3, -0.25) is 4.98 Å². The quantitative estimate of drug-likeness (QED) is 0.777. The van der Waals surface area contributed by atoms with Crippen LogP contribution in [0.15, 0.2) is 24.4 Å². The van der Waals surface area contributed by atoms with Crippen molar-refractivity contribution in [3.63, 3.8) is 0 Å². The second-order valence-electron chi connectivity index (χ2n) is 3.22. The predicted octanol–water partition coefficient (Wildman–Crippen LogP) is 2.38. The molecule has 0 aliphatic carbocycles. The number of aryl methyl sites for hydroxylation is 1. The highest BCUT2D eigenvalue weighted by Crippen LogP contribution is 2.23. The van der Waals surface area contributed by atoms with Crippen LogP contribution >= 0.6 is 0 Å². The van der Waals surface area contributed by atoms with E-state index >= 15 is 0 Å². The first-order chi connectivity index (χ1) is 7.11. The summed E-state index contributed by atoms with van der Waals surface area (Å²) in [6, 6.07) is 3.93. The Labute approximate surface area is 85.2 Å². The number of nitrogens with zero attached hydrogens (tertiary/aromatic N) is 1. The van der Waals surface area contributed by atoms with E-state index in [-0.39, 0.29) is 10.9 Å². The summed E-state index contributed by atoms with van der Waals surface area (Å²) in [5.41, 5.74) is 0.588. The standard InChI is InChI=1S/C11H8FNO2/c1-6-10-7(4-5-13-6)8(11(14)15)2-3-9(10)12/h2-5H,1H3,(H,14,15). The normalized spacial score (nSPS) is 10.5. The lowest BCUT2D eigenvalue weighted by atomic mass is 10.0. The smallest absolute Gasteiger partial charge is 0.336 e. The number of carbonyl (C=O) groups is 1. The minimum Gasteiger partial charge on any atom is -0.478 e. The van der Waals surface area contributed by atoms with Crippen molar-refractivity contribution in [3.05, 3.63) is 41.5 Å². The van der Waals surface area contributed by atoms with Gasteiger partial charge in [0.05, 0.1) is 5.56 Å². The van der Waals surface area contributed by atoms with E-state index in [0.29, 0.717) is 11.1 Å². The summed E-state index contributed by atoms with van der Waals surface area (Å²) in [6.45, 7) is 1.65. The Morgan fingerprint density at radius 1 is 1.40 bits per heavy atom. The number of benzene rings is 1. The van der Waals surface area contributed by atoms with Crippen molar-refractivity contribution in [2.75, 3.05) is 0 Å².